The number of allylic oxidation sites excluding steroid dienone is 5. The molecule has 0 heterocycles. The third kappa shape index (κ3) is 1.18. The highest BCUT2D eigenvalue weighted by Crippen LogP contribution is 2.38. The van der Waals surface area contributed by atoms with E-state index in [1.165, 1.54) is 42.4 Å². The van der Waals surface area contributed by atoms with Crippen molar-refractivity contribution in [3.05, 3.63) is 34.9 Å². The lowest BCUT2D eigenvalue weighted by Gasteiger charge is -2.17. The predicted octanol–water partition coefficient (Wildman–Crippen LogP) is 3.37. The van der Waals surface area contributed by atoms with Crippen LogP contribution in [0.3, 0.4) is 0 Å². The molecule has 0 aromatic carbocycles. The van der Waals surface area contributed by atoms with Gasteiger partial charge in [-0.3, -0.25) is 0 Å². The Morgan fingerprint density at radius 2 is 2.00 bits per heavy atom. The lowest BCUT2D eigenvalue weighted by molar-refractivity contribution is 0.888. The molecule has 1 saturated carbocycles. The second-order valence-corrected chi connectivity index (χ2v) is 3.48. The SMILES string of the molecule is C=C(C1=CCC1)C(C)=C1CC1. The summed E-state index contributed by atoms with van der Waals surface area (Å²) in [4.78, 5) is 0. The summed E-state index contributed by atoms with van der Waals surface area (Å²) >= 11 is 0. The van der Waals surface area contributed by atoms with Gasteiger partial charge in [-0.15, -0.1) is 0 Å². The smallest absolute Gasteiger partial charge is 0.0241 e. The molecule has 0 N–H and O–H groups in total. The Morgan fingerprint density at radius 1 is 1.36 bits per heavy atom. The Kier molecular flexibility index (Phi) is 1.49. The molecule has 0 amide bonds. The first kappa shape index (κ1) is 6.90. The molecular weight excluding hydrogens is 132 g/mol. The second kappa shape index (κ2) is 2.37. The van der Waals surface area contributed by atoms with Crippen molar-refractivity contribution >= 4 is 0 Å². The van der Waals surface area contributed by atoms with E-state index in [-0.39, 0.29) is 0 Å². The van der Waals surface area contributed by atoms with Crippen molar-refractivity contribution in [3.8, 4) is 0 Å². The van der Waals surface area contributed by atoms with Crippen LogP contribution in [-0.4, -0.2) is 0 Å². The molecule has 0 atom stereocenters. The summed E-state index contributed by atoms with van der Waals surface area (Å²) in [5.74, 6) is 0. The van der Waals surface area contributed by atoms with Gasteiger partial charge in [-0.25, -0.2) is 0 Å². The molecule has 0 heteroatoms. The monoisotopic (exact) mass is 146 g/mol. The van der Waals surface area contributed by atoms with Gasteiger partial charge in [0.25, 0.3) is 0 Å². The minimum atomic E-state index is 1.25. The quantitative estimate of drug-likeness (QED) is 0.560. The van der Waals surface area contributed by atoms with Gasteiger partial charge in [0.05, 0.1) is 0 Å². The molecule has 0 spiro atoms. The third-order valence-electron chi connectivity index (χ3n) is 2.68. The highest BCUT2D eigenvalue weighted by Gasteiger charge is 2.19. The lowest BCUT2D eigenvalue weighted by Crippen LogP contribution is -1.97. The zero-order valence-corrected chi connectivity index (χ0v) is 7.11. The zero-order chi connectivity index (χ0) is 7.84. The summed E-state index contributed by atoms with van der Waals surface area (Å²) in [5, 5.41) is 0. The van der Waals surface area contributed by atoms with Crippen molar-refractivity contribution in [1.82, 2.24) is 0 Å². The van der Waals surface area contributed by atoms with Crippen molar-refractivity contribution < 1.29 is 0 Å². The van der Waals surface area contributed by atoms with Crippen LogP contribution in [-0.2, 0) is 0 Å². The predicted molar refractivity (Wildman–Crippen MR) is 48.4 cm³/mol. The van der Waals surface area contributed by atoms with Gasteiger partial charge >= 0.3 is 0 Å². The topological polar surface area (TPSA) is 0 Å². The Bertz CT molecular complexity index is 258. The van der Waals surface area contributed by atoms with E-state index in [0.29, 0.717) is 0 Å². The van der Waals surface area contributed by atoms with Crippen molar-refractivity contribution in [3.63, 3.8) is 0 Å². The molecule has 2 rings (SSSR count). The van der Waals surface area contributed by atoms with E-state index in [4.69, 9.17) is 0 Å². The summed E-state index contributed by atoms with van der Waals surface area (Å²) in [6.45, 7) is 6.32. The fraction of sp³-hybridized carbons (Fsp3) is 0.455. The molecule has 58 valence electrons. The first-order valence-corrected chi connectivity index (χ1v) is 4.36. The van der Waals surface area contributed by atoms with E-state index in [0.717, 1.165) is 0 Å². The Hall–Kier alpha value is -0.780. The lowest BCUT2D eigenvalue weighted by atomic mass is 9.88. The first-order chi connectivity index (χ1) is 5.29. The van der Waals surface area contributed by atoms with Crippen LogP contribution in [0.1, 0.15) is 32.6 Å². The van der Waals surface area contributed by atoms with Crippen LogP contribution in [0.15, 0.2) is 34.9 Å². The van der Waals surface area contributed by atoms with E-state index in [1.54, 1.807) is 5.57 Å². The molecule has 2 aliphatic rings. The molecule has 1 fully saturated rings. The first-order valence-electron chi connectivity index (χ1n) is 4.36. The Morgan fingerprint density at radius 3 is 2.36 bits per heavy atom. The van der Waals surface area contributed by atoms with Crippen LogP contribution in [0, 0.1) is 0 Å². The number of hydrogen-bond donors (Lipinski definition) is 0. The summed E-state index contributed by atoms with van der Waals surface area (Å²) in [6.07, 6.45) is 7.45. The van der Waals surface area contributed by atoms with Gasteiger partial charge in [-0.05, 0) is 49.3 Å². The summed E-state index contributed by atoms with van der Waals surface area (Å²) in [6, 6.07) is 0. The minimum Gasteiger partial charge on any atom is -0.0912 e. The second-order valence-electron chi connectivity index (χ2n) is 3.48. The standard InChI is InChI=1S/C11H14/c1-8(10-4-3-5-10)9(2)11-6-7-11/h4H,1,3,5-7H2,2H3. The maximum atomic E-state index is 4.11. The van der Waals surface area contributed by atoms with Crippen molar-refractivity contribution in [2.24, 2.45) is 0 Å². The average Bonchev–Trinajstić information content (AvgIpc) is 2.62. The molecule has 0 radical (unpaired) electrons. The average molecular weight is 146 g/mol. The van der Waals surface area contributed by atoms with Crippen LogP contribution in [0.5, 0.6) is 0 Å². The normalized spacial score (nSPS) is 20.5. The van der Waals surface area contributed by atoms with Crippen LogP contribution < -0.4 is 0 Å². The molecule has 0 unspecified atom stereocenters. The third-order valence-corrected chi connectivity index (χ3v) is 2.68. The van der Waals surface area contributed by atoms with Crippen LogP contribution in [0.25, 0.3) is 0 Å². The molecule has 0 aromatic rings. The maximum Gasteiger partial charge on any atom is -0.0241 e. The summed E-state index contributed by atoms with van der Waals surface area (Å²) < 4.78 is 0. The van der Waals surface area contributed by atoms with Gasteiger partial charge in [0, 0.05) is 0 Å². The van der Waals surface area contributed by atoms with Gasteiger partial charge < -0.3 is 0 Å². The van der Waals surface area contributed by atoms with Crippen molar-refractivity contribution in [1.29, 1.82) is 0 Å². The molecule has 2 aliphatic carbocycles. The molecule has 0 nitrogen and oxygen atoms in total. The van der Waals surface area contributed by atoms with E-state index >= 15 is 0 Å². The largest absolute Gasteiger partial charge is 0.0912 e. The van der Waals surface area contributed by atoms with Gasteiger partial charge in [0.1, 0.15) is 0 Å². The highest BCUT2D eigenvalue weighted by molar-refractivity contribution is 5.50. The summed E-state index contributed by atoms with van der Waals surface area (Å²) in [7, 11) is 0. The van der Waals surface area contributed by atoms with Crippen molar-refractivity contribution in [2.75, 3.05) is 0 Å². The van der Waals surface area contributed by atoms with Gasteiger partial charge in [0.15, 0.2) is 0 Å². The minimum absolute atomic E-state index is 1.25. The molecular formula is C11H14. The molecule has 0 aliphatic heterocycles. The summed E-state index contributed by atoms with van der Waals surface area (Å²) in [5.41, 5.74) is 5.89. The van der Waals surface area contributed by atoms with E-state index in [2.05, 4.69) is 19.6 Å². The fourth-order valence-corrected chi connectivity index (χ4v) is 1.45. The van der Waals surface area contributed by atoms with Crippen LogP contribution in [0.4, 0.5) is 0 Å². The molecule has 0 saturated heterocycles. The van der Waals surface area contributed by atoms with Gasteiger partial charge in [-0.1, -0.05) is 18.2 Å². The van der Waals surface area contributed by atoms with Crippen molar-refractivity contribution in [2.45, 2.75) is 32.6 Å². The van der Waals surface area contributed by atoms with E-state index in [1.807, 2.05) is 0 Å². The molecule has 11 heavy (non-hydrogen) atoms. The zero-order valence-electron chi connectivity index (χ0n) is 7.11. The van der Waals surface area contributed by atoms with E-state index in [9.17, 15) is 0 Å². The maximum absolute atomic E-state index is 4.11. The Balaban J connectivity index is 2.16. The fourth-order valence-electron chi connectivity index (χ4n) is 1.45. The number of hydrogen-bond acceptors (Lipinski definition) is 0. The highest BCUT2D eigenvalue weighted by atomic mass is 14.2. The molecule has 0 bridgehead atoms. The Labute approximate surface area is 68.3 Å². The molecule has 0 aromatic heterocycles. The van der Waals surface area contributed by atoms with Crippen LogP contribution in [0.2, 0.25) is 0 Å². The van der Waals surface area contributed by atoms with Crippen LogP contribution >= 0.6 is 0 Å². The van der Waals surface area contributed by atoms with Gasteiger partial charge in [-0.2, -0.15) is 0 Å². The van der Waals surface area contributed by atoms with E-state index < -0.39 is 0 Å². The van der Waals surface area contributed by atoms with Gasteiger partial charge in [0.2, 0.25) is 0 Å². The number of rotatable bonds is 2.